The number of nitrogen functional groups attached to an aromatic ring is 1. The van der Waals surface area contributed by atoms with Gasteiger partial charge in [0.15, 0.2) is 5.65 Å². The molecule has 0 unspecified atom stereocenters. The molecule has 7 nitrogen and oxygen atoms in total. The maximum atomic E-state index is 12.5. The van der Waals surface area contributed by atoms with Gasteiger partial charge >= 0.3 is 0 Å². The molecule has 0 saturated carbocycles. The third kappa shape index (κ3) is 2.85. The van der Waals surface area contributed by atoms with E-state index in [2.05, 4.69) is 20.4 Å². The molecule has 0 radical (unpaired) electrons. The smallest absolute Gasteiger partial charge is 0.257 e. The van der Waals surface area contributed by atoms with Gasteiger partial charge in [0.25, 0.3) is 5.91 Å². The lowest BCUT2D eigenvalue weighted by atomic mass is 10.1. The van der Waals surface area contributed by atoms with Crippen molar-refractivity contribution in [2.24, 2.45) is 0 Å². The van der Waals surface area contributed by atoms with E-state index in [0.29, 0.717) is 22.8 Å². The number of anilines is 2. The Bertz CT molecular complexity index is 866. The molecule has 0 aliphatic heterocycles. The summed E-state index contributed by atoms with van der Waals surface area (Å²) in [5.41, 5.74) is 8.07. The van der Waals surface area contributed by atoms with Crippen molar-refractivity contribution in [1.29, 1.82) is 0 Å². The maximum Gasteiger partial charge on any atom is 0.257 e. The highest BCUT2D eigenvalue weighted by atomic mass is 16.1. The van der Waals surface area contributed by atoms with Crippen LogP contribution in [-0.2, 0) is 0 Å². The fourth-order valence-corrected chi connectivity index (χ4v) is 2.35. The molecular formula is C16H18N6O. The SMILES string of the molecule is Cc1nc2c(cnn2C(C)C)cc1C(=O)Nc1ccc(N)nc1. The number of rotatable bonds is 3. The van der Waals surface area contributed by atoms with Crippen LogP contribution in [0.1, 0.15) is 35.9 Å². The van der Waals surface area contributed by atoms with Crippen molar-refractivity contribution in [3.63, 3.8) is 0 Å². The molecule has 0 aliphatic carbocycles. The number of pyridine rings is 2. The van der Waals surface area contributed by atoms with Gasteiger partial charge in [0.05, 0.1) is 29.3 Å². The first kappa shape index (κ1) is 15.0. The van der Waals surface area contributed by atoms with Crippen LogP contribution in [0.2, 0.25) is 0 Å². The van der Waals surface area contributed by atoms with Crippen LogP contribution in [0.15, 0.2) is 30.6 Å². The van der Waals surface area contributed by atoms with Crippen molar-refractivity contribution in [2.45, 2.75) is 26.8 Å². The Kier molecular flexibility index (Phi) is 3.69. The molecule has 3 aromatic rings. The number of nitrogens with two attached hydrogens (primary N) is 1. The number of nitrogens with zero attached hydrogens (tertiary/aromatic N) is 4. The van der Waals surface area contributed by atoms with Gasteiger partial charge in [-0.3, -0.25) is 4.79 Å². The van der Waals surface area contributed by atoms with Crippen LogP contribution in [0.4, 0.5) is 11.5 Å². The predicted octanol–water partition coefficient (Wildman–Crippen LogP) is 2.55. The largest absolute Gasteiger partial charge is 0.384 e. The summed E-state index contributed by atoms with van der Waals surface area (Å²) in [6.45, 7) is 5.89. The van der Waals surface area contributed by atoms with Crippen LogP contribution >= 0.6 is 0 Å². The van der Waals surface area contributed by atoms with Crippen molar-refractivity contribution < 1.29 is 4.79 Å². The van der Waals surface area contributed by atoms with Crippen LogP contribution in [0.25, 0.3) is 11.0 Å². The molecule has 0 aromatic carbocycles. The van der Waals surface area contributed by atoms with Crippen LogP contribution in [0.5, 0.6) is 0 Å². The minimum Gasteiger partial charge on any atom is -0.384 e. The van der Waals surface area contributed by atoms with Gasteiger partial charge < -0.3 is 11.1 Å². The van der Waals surface area contributed by atoms with Crippen LogP contribution in [-0.4, -0.2) is 25.7 Å². The van der Waals surface area contributed by atoms with Crippen molar-refractivity contribution >= 4 is 28.4 Å². The van der Waals surface area contributed by atoms with Crippen molar-refractivity contribution in [3.8, 4) is 0 Å². The lowest BCUT2D eigenvalue weighted by Crippen LogP contribution is -2.15. The quantitative estimate of drug-likeness (QED) is 0.774. The third-order valence-corrected chi connectivity index (χ3v) is 3.54. The lowest BCUT2D eigenvalue weighted by molar-refractivity contribution is 0.102. The number of nitrogens with one attached hydrogen (secondary N) is 1. The van der Waals surface area contributed by atoms with E-state index in [1.807, 2.05) is 31.5 Å². The van der Waals surface area contributed by atoms with E-state index in [1.54, 1.807) is 18.3 Å². The summed E-state index contributed by atoms with van der Waals surface area (Å²) in [7, 11) is 0. The summed E-state index contributed by atoms with van der Waals surface area (Å²) >= 11 is 0. The zero-order valence-electron chi connectivity index (χ0n) is 13.2. The first-order chi connectivity index (χ1) is 11.0. The van der Waals surface area contributed by atoms with E-state index in [4.69, 9.17) is 5.73 Å². The Morgan fingerprint density at radius 2 is 2.09 bits per heavy atom. The highest BCUT2D eigenvalue weighted by Crippen LogP contribution is 2.20. The van der Waals surface area contributed by atoms with Crippen molar-refractivity contribution in [3.05, 3.63) is 41.9 Å². The second-order valence-electron chi connectivity index (χ2n) is 5.64. The number of carbonyl (C=O) groups is 1. The van der Waals surface area contributed by atoms with Gasteiger partial charge in [-0.2, -0.15) is 5.10 Å². The molecule has 3 rings (SSSR count). The van der Waals surface area contributed by atoms with Crippen molar-refractivity contribution in [2.75, 3.05) is 11.1 Å². The molecule has 1 amide bonds. The number of hydrogen-bond donors (Lipinski definition) is 2. The Hall–Kier alpha value is -2.96. The fraction of sp³-hybridized carbons (Fsp3) is 0.250. The number of carbonyl (C=O) groups excluding carboxylic acids is 1. The minimum absolute atomic E-state index is 0.208. The van der Waals surface area contributed by atoms with Crippen LogP contribution < -0.4 is 11.1 Å². The second kappa shape index (κ2) is 5.68. The second-order valence-corrected chi connectivity index (χ2v) is 5.64. The summed E-state index contributed by atoms with van der Waals surface area (Å²) in [6, 6.07) is 5.36. The van der Waals surface area contributed by atoms with E-state index in [0.717, 1.165) is 11.0 Å². The molecule has 0 bridgehead atoms. The average molecular weight is 310 g/mol. The monoisotopic (exact) mass is 310 g/mol. The summed E-state index contributed by atoms with van der Waals surface area (Å²) in [5, 5.41) is 7.96. The number of amides is 1. The van der Waals surface area contributed by atoms with Gasteiger partial charge in [-0.15, -0.1) is 0 Å². The zero-order chi connectivity index (χ0) is 16.6. The Morgan fingerprint density at radius 3 is 2.74 bits per heavy atom. The molecule has 3 heterocycles. The van der Waals surface area contributed by atoms with E-state index < -0.39 is 0 Å². The van der Waals surface area contributed by atoms with E-state index >= 15 is 0 Å². The average Bonchev–Trinajstić information content (AvgIpc) is 2.91. The van der Waals surface area contributed by atoms with E-state index in [-0.39, 0.29) is 11.9 Å². The lowest BCUT2D eigenvalue weighted by Gasteiger charge is -2.10. The number of hydrogen-bond acceptors (Lipinski definition) is 5. The standard InChI is InChI=1S/C16H18N6O/c1-9(2)22-15-11(7-19-22)6-13(10(3)20-15)16(23)21-12-4-5-14(17)18-8-12/h4-9H,1-3H3,(H2,17,18)(H,21,23). The fourth-order valence-electron chi connectivity index (χ4n) is 2.35. The van der Waals surface area contributed by atoms with Gasteiger partial charge in [-0.25, -0.2) is 14.6 Å². The van der Waals surface area contributed by atoms with Crippen LogP contribution in [0.3, 0.4) is 0 Å². The van der Waals surface area contributed by atoms with E-state index in [1.165, 1.54) is 6.20 Å². The highest BCUT2D eigenvalue weighted by molar-refractivity contribution is 6.06. The van der Waals surface area contributed by atoms with Gasteiger partial charge in [-0.1, -0.05) is 0 Å². The van der Waals surface area contributed by atoms with Gasteiger partial charge in [-0.05, 0) is 39.0 Å². The Balaban J connectivity index is 1.94. The molecule has 3 aromatic heterocycles. The molecule has 0 aliphatic rings. The van der Waals surface area contributed by atoms with Crippen molar-refractivity contribution in [1.82, 2.24) is 19.7 Å². The molecule has 3 N–H and O–H groups in total. The first-order valence-corrected chi connectivity index (χ1v) is 7.33. The third-order valence-electron chi connectivity index (χ3n) is 3.54. The Labute approximate surface area is 133 Å². The summed E-state index contributed by atoms with van der Waals surface area (Å²) < 4.78 is 1.84. The molecule has 7 heteroatoms. The summed E-state index contributed by atoms with van der Waals surface area (Å²) in [4.78, 5) is 21.0. The topological polar surface area (TPSA) is 98.7 Å². The van der Waals surface area contributed by atoms with Gasteiger partial charge in [0, 0.05) is 11.4 Å². The normalized spacial score (nSPS) is 11.1. The summed E-state index contributed by atoms with van der Waals surface area (Å²) in [6.07, 6.45) is 3.24. The predicted molar refractivity (Wildman–Crippen MR) is 89.3 cm³/mol. The minimum atomic E-state index is -0.235. The molecule has 0 atom stereocenters. The summed E-state index contributed by atoms with van der Waals surface area (Å²) in [5.74, 6) is 0.170. The number of aryl methyl sites for hydroxylation is 1. The molecule has 118 valence electrons. The van der Waals surface area contributed by atoms with Gasteiger partial charge in [0.1, 0.15) is 5.82 Å². The number of aromatic nitrogens is 4. The molecule has 0 spiro atoms. The maximum absolute atomic E-state index is 12.5. The zero-order valence-corrected chi connectivity index (χ0v) is 13.2. The number of fused-ring (bicyclic) bond motifs is 1. The Morgan fingerprint density at radius 1 is 1.30 bits per heavy atom. The molecule has 0 saturated heterocycles. The molecular weight excluding hydrogens is 292 g/mol. The first-order valence-electron chi connectivity index (χ1n) is 7.33. The molecule has 0 fully saturated rings. The highest BCUT2D eigenvalue weighted by Gasteiger charge is 2.15. The van der Waals surface area contributed by atoms with Crippen LogP contribution in [0, 0.1) is 6.92 Å². The van der Waals surface area contributed by atoms with E-state index in [9.17, 15) is 4.79 Å². The van der Waals surface area contributed by atoms with Gasteiger partial charge in [0.2, 0.25) is 0 Å². The molecule has 23 heavy (non-hydrogen) atoms.